The molecule has 2 unspecified atom stereocenters. The molecule has 2 aliphatic heterocycles. The second-order valence-corrected chi connectivity index (χ2v) is 8.16. The van der Waals surface area contributed by atoms with E-state index in [-0.39, 0.29) is 30.2 Å². The van der Waals surface area contributed by atoms with Crippen LogP contribution in [0.1, 0.15) is 6.92 Å². The molecule has 2 rings (SSSR count). The number of esters is 1. The molecular formula is C17H22N2O6S2. The standard InChI is InChI=1S/C17H22N2O6S2/c1-4-7-24-15(22)12-16(26-9-6-18-17(23)25-8-5-2)27-14-11(10(3)20)13(21)19(12)14/h4-5,10-11,14,20H,1-2,6-9H2,3H3,(H,18,23)/t10?,11?,14-/m1/s1. The number of β-lactam (4-membered cyclic amide) rings is 1. The number of aliphatic hydroxyl groups is 1. The minimum atomic E-state index is -0.803. The summed E-state index contributed by atoms with van der Waals surface area (Å²) in [5.74, 6) is -0.988. The molecule has 0 radical (unpaired) electrons. The molecule has 2 amide bonds. The van der Waals surface area contributed by atoms with Gasteiger partial charge in [-0.2, -0.15) is 0 Å². The molecule has 2 N–H and O–H groups in total. The summed E-state index contributed by atoms with van der Waals surface area (Å²) in [6.45, 7) is 8.99. The van der Waals surface area contributed by atoms with Gasteiger partial charge in [0.1, 0.15) is 18.6 Å². The van der Waals surface area contributed by atoms with Gasteiger partial charge in [0.2, 0.25) is 5.91 Å². The number of hydrogen-bond acceptors (Lipinski definition) is 8. The monoisotopic (exact) mass is 414 g/mol. The van der Waals surface area contributed by atoms with Crippen molar-refractivity contribution in [3.63, 3.8) is 0 Å². The van der Waals surface area contributed by atoms with E-state index in [1.807, 2.05) is 0 Å². The fourth-order valence-electron chi connectivity index (χ4n) is 2.53. The van der Waals surface area contributed by atoms with E-state index in [4.69, 9.17) is 9.47 Å². The van der Waals surface area contributed by atoms with E-state index >= 15 is 0 Å². The molecule has 0 aromatic rings. The number of rotatable bonds is 10. The van der Waals surface area contributed by atoms with Gasteiger partial charge in [-0.15, -0.1) is 11.8 Å². The van der Waals surface area contributed by atoms with Gasteiger partial charge in [0.25, 0.3) is 0 Å². The van der Waals surface area contributed by atoms with Crippen molar-refractivity contribution in [2.24, 2.45) is 5.92 Å². The van der Waals surface area contributed by atoms with Crippen LogP contribution in [0.3, 0.4) is 0 Å². The van der Waals surface area contributed by atoms with Crippen molar-refractivity contribution >= 4 is 41.5 Å². The summed E-state index contributed by atoms with van der Waals surface area (Å²) in [7, 11) is 0. The lowest BCUT2D eigenvalue weighted by molar-refractivity contribution is -0.157. The Labute approximate surface area is 166 Å². The number of alkyl carbamates (subject to hydrolysis) is 1. The SMILES string of the molecule is C=CCOC(=O)NCCSC1=C(C(=O)OCC=C)N2C(=O)C(C(C)O)[C@H]2S1. The molecule has 1 saturated heterocycles. The maximum Gasteiger partial charge on any atom is 0.407 e. The van der Waals surface area contributed by atoms with Gasteiger partial charge in [0.15, 0.2) is 5.70 Å². The van der Waals surface area contributed by atoms with E-state index in [1.54, 1.807) is 6.92 Å². The zero-order valence-electron chi connectivity index (χ0n) is 14.9. The number of nitrogens with zero attached hydrogens (tertiary/aromatic N) is 1. The number of nitrogens with one attached hydrogen (secondary N) is 1. The van der Waals surface area contributed by atoms with E-state index in [0.717, 1.165) is 0 Å². The summed E-state index contributed by atoms with van der Waals surface area (Å²) < 4.78 is 10.5. The minimum Gasteiger partial charge on any atom is -0.457 e. The Hall–Kier alpha value is -1.91. The predicted octanol–water partition coefficient (Wildman–Crippen LogP) is 1.44. The van der Waals surface area contributed by atoms with E-state index in [2.05, 4.69) is 18.5 Å². The number of carbonyl (C=O) groups excluding carboxylic acids is 3. The average Bonchev–Trinajstić information content (AvgIpc) is 2.95. The molecular weight excluding hydrogens is 392 g/mol. The lowest BCUT2D eigenvalue weighted by atomic mass is 9.92. The highest BCUT2D eigenvalue weighted by atomic mass is 32.2. The molecule has 3 atom stereocenters. The van der Waals surface area contributed by atoms with Crippen LogP contribution in [0.5, 0.6) is 0 Å². The maximum atomic E-state index is 12.4. The minimum absolute atomic E-state index is 0.0359. The largest absolute Gasteiger partial charge is 0.457 e. The third-order valence-corrected chi connectivity index (χ3v) is 6.39. The normalized spacial score (nSPS) is 21.9. The summed E-state index contributed by atoms with van der Waals surface area (Å²) in [4.78, 5) is 37.5. The smallest absolute Gasteiger partial charge is 0.407 e. The number of thioether (sulfide) groups is 2. The Morgan fingerprint density at radius 2 is 2.04 bits per heavy atom. The second-order valence-electron chi connectivity index (χ2n) is 5.67. The Bertz CT molecular complexity index is 664. The molecule has 0 spiro atoms. The van der Waals surface area contributed by atoms with Crippen molar-refractivity contribution in [2.45, 2.75) is 18.4 Å². The van der Waals surface area contributed by atoms with Gasteiger partial charge < -0.3 is 19.9 Å². The van der Waals surface area contributed by atoms with Crippen molar-refractivity contribution in [2.75, 3.05) is 25.5 Å². The topological polar surface area (TPSA) is 105 Å². The molecule has 2 heterocycles. The van der Waals surface area contributed by atoms with Gasteiger partial charge in [0.05, 0.1) is 16.3 Å². The first kappa shape index (κ1) is 21.4. The van der Waals surface area contributed by atoms with E-state index in [9.17, 15) is 19.5 Å². The number of carbonyl (C=O) groups is 3. The zero-order valence-corrected chi connectivity index (χ0v) is 16.5. The Kier molecular flexibility index (Phi) is 7.81. The zero-order chi connectivity index (χ0) is 20.0. The fourth-order valence-corrected chi connectivity index (χ4v) is 5.37. The van der Waals surface area contributed by atoms with Crippen LogP contribution in [0.4, 0.5) is 4.79 Å². The average molecular weight is 415 g/mol. The van der Waals surface area contributed by atoms with Crippen LogP contribution in [-0.4, -0.2) is 65.0 Å². The number of hydrogen-bond donors (Lipinski definition) is 2. The van der Waals surface area contributed by atoms with Crippen LogP contribution in [0.15, 0.2) is 35.2 Å². The summed E-state index contributed by atoms with van der Waals surface area (Å²) in [6.07, 6.45) is 1.56. The second kappa shape index (κ2) is 9.86. The lowest BCUT2D eigenvalue weighted by Gasteiger charge is -2.43. The fraction of sp³-hybridized carbons (Fsp3) is 0.471. The Morgan fingerprint density at radius 3 is 2.67 bits per heavy atom. The Balaban J connectivity index is 1.99. The molecule has 0 saturated carbocycles. The lowest BCUT2D eigenvalue weighted by Crippen LogP contribution is -2.60. The van der Waals surface area contributed by atoms with E-state index in [0.29, 0.717) is 16.5 Å². The van der Waals surface area contributed by atoms with Crippen LogP contribution in [0, 0.1) is 5.92 Å². The van der Waals surface area contributed by atoms with Gasteiger partial charge in [-0.05, 0) is 6.92 Å². The van der Waals surface area contributed by atoms with Gasteiger partial charge >= 0.3 is 12.1 Å². The molecule has 0 aromatic heterocycles. The molecule has 0 bridgehead atoms. The molecule has 27 heavy (non-hydrogen) atoms. The summed E-state index contributed by atoms with van der Waals surface area (Å²) in [6, 6.07) is 0. The third-order valence-electron chi connectivity index (χ3n) is 3.73. The number of ether oxygens (including phenoxy) is 2. The number of amides is 2. The molecule has 0 aliphatic carbocycles. The van der Waals surface area contributed by atoms with Crippen LogP contribution in [0.25, 0.3) is 0 Å². The first-order valence-electron chi connectivity index (χ1n) is 8.26. The maximum absolute atomic E-state index is 12.4. The van der Waals surface area contributed by atoms with Gasteiger partial charge in [0, 0.05) is 12.3 Å². The van der Waals surface area contributed by atoms with Crippen LogP contribution < -0.4 is 5.32 Å². The highest BCUT2D eigenvalue weighted by molar-refractivity contribution is 8.22. The van der Waals surface area contributed by atoms with Gasteiger partial charge in [-0.1, -0.05) is 37.1 Å². The molecule has 8 nitrogen and oxygen atoms in total. The molecule has 148 valence electrons. The van der Waals surface area contributed by atoms with Crippen LogP contribution in [0.2, 0.25) is 0 Å². The number of fused-ring (bicyclic) bond motifs is 1. The first-order valence-corrected chi connectivity index (χ1v) is 10.1. The third kappa shape index (κ3) is 4.88. The van der Waals surface area contributed by atoms with Crippen LogP contribution in [-0.2, 0) is 19.1 Å². The van der Waals surface area contributed by atoms with Gasteiger partial charge in [-0.3, -0.25) is 9.69 Å². The highest BCUT2D eigenvalue weighted by Crippen LogP contribution is 2.53. The molecule has 2 aliphatic rings. The van der Waals surface area contributed by atoms with Crippen molar-refractivity contribution in [1.82, 2.24) is 10.2 Å². The van der Waals surface area contributed by atoms with Gasteiger partial charge in [-0.25, -0.2) is 9.59 Å². The summed E-state index contributed by atoms with van der Waals surface area (Å²) >= 11 is 2.68. The summed E-state index contributed by atoms with van der Waals surface area (Å²) in [5.41, 5.74) is 0.188. The molecule has 0 aromatic carbocycles. The predicted molar refractivity (Wildman–Crippen MR) is 104 cm³/mol. The van der Waals surface area contributed by atoms with E-state index in [1.165, 1.54) is 40.6 Å². The molecule has 10 heteroatoms. The molecule has 1 fully saturated rings. The Morgan fingerprint density at radius 1 is 1.37 bits per heavy atom. The number of aliphatic hydroxyl groups excluding tert-OH is 1. The van der Waals surface area contributed by atoms with Crippen molar-refractivity contribution < 1.29 is 29.0 Å². The highest BCUT2D eigenvalue weighted by Gasteiger charge is 2.57. The quantitative estimate of drug-likeness (QED) is 0.239. The summed E-state index contributed by atoms with van der Waals surface area (Å²) in [5, 5.41) is 12.1. The van der Waals surface area contributed by atoms with Crippen molar-refractivity contribution in [1.29, 1.82) is 0 Å². The first-order chi connectivity index (χ1) is 12.9. The van der Waals surface area contributed by atoms with Crippen LogP contribution >= 0.6 is 23.5 Å². The van der Waals surface area contributed by atoms with Crippen molar-refractivity contribution in [3.05, 3.63) is 35.2 Å². The van der Waals surface area contributed by atoms with E-state index < -0.39 is 24.1 Å². The van der Waals surface area contributed by atoms with Crippen molar-refractivity contribution in [3.8, 4) is 0 Å².